The maximum absolute atomic E-state index is 11.7. The van der Waals surface area contributed by atoms with Gasteiger partial charge in [0.05, 0.1) is 0 Å². The predicted octanol–water partition coefficient (Wildman–Crippen LogP) is 2.34. The van der Waals surface area contributed by atoms with Crippen LogP contribution in [0.3, 0.4) is 0 Å². The van der Waals surface area contributed by atoms with Gasteiger partial charge in [-0.3, -0.25) is 9.20 Å². The first-order valence-corrected chi connectivity index (χ1v) is 5.15. The van der Waals surface area contributed by atoms with Crippen molar-refractivity contribution in [1.82, 2.24) is 9.38 Å². The van der Waals surface area contributed by atoms with Crippen molar-refractivity contribution in [2.75, 3.05) is 0 Å². The minimum atomic E-state index is 0.0168. The minimum Gasteiger partial charge on any atom is -0.269 e. The summed E-state index contributed by atoms with van der Waals surface area (Å²) in [5.41, 5.74) is 2.23. The van der Waals surface area contributed by atoms with Crippen molar-refractivity contribution in [3.8, 4) is 0 Å². The Kier molecular flexibility index (Phi) is 3.61. The SMILES string of the molecule is CC.Cc1nc2ccccn2c(=O)c1C. The fraction of sp³-hybridized carbons (Fsp3) is 0.333. The molecule has 0 N–H and O–H groups in total. The number of hydrogen-bond donors (Lipinski definition) is 0. The van der Waals surface area contributed by atoms with E-state index in [1.54, 1.807) is 17.5 Å². The topological polar surface area (TPSA) is 34.4 Å². The molecule has 0 atom stereocenters. The third-order valence-corrected chi connectivity index (χ3v) is 2.20. The summed E-state index contributed by atoms with van der Waals surface area (Å²) in [4.78, 5) is 16.0. The number of nitrogens with zero attached hydrogens (tertiary/aromatic N) is 2. The Morgan fingerprint density at radius 2 is 1.87 bits per heavy atom. The van der Waals surface area contributed by atoms with Crippen LogP contribution in [-0.2, 0) is 0 Å². The van der Waals surface area contributed by atoms with Crippen LogP contribution in [0.25, 0.3) is 5.65 Å². The number of pyridine rings is 1. The molecule has 0 unspecified atom stereocenters. The summed E-state index contributed by atoms with van der Waals surface area (Å²) in [6, 6.07) is 5.52. The Labute approximate surface area is 89.4 Å². The van der Waals surface area contributed by atoms with Crippen LogP contribution >= 0.6 is 0 Å². The Bertz CT molecular complexity index is 515. The van der Waals surface area contributed by atoms with Gasteiger partial charge in [-0.05, 0) is 26.0 Å². The zero-order valence-electron chi connectivity index (χ0n) is 9.61. The standard InChI is InChI=1S/C10H10N2O.C2H6/c1-7-8(2)11-9-5-3-4-6-12(9)10(7)13;1-2/h3-6H,1-2H3;1-2H3. The van der Waals surface area contributed by atoms with Crippen molar-refractivity contribution in [2.24, 2.45) is 0 Å². The first kappa shape index (κ1) is 11.4. The fourth-order valence-corrected chi connectivity index (χ4v) is 1.29. The highest BCUT2D eigenvalue weighted by molar-refractivity contribution is 5.39. The zero-order valence-corrected chi connectivity index (χ0v) is 9.61. The average Bonchev–Trinajstić information content (AvgIpc) is 2.29. The first-order valence-electron chi connectivity index (χ1n) is 5.15. The van der Waals surface area contributed by atoms with Crippen LogP contribution in [0.1, 0.15) is 25.1 Å². The molecule has 0 bridgehead atoms. The van der Waals surface area contributed by atoms with Gasteiger partial charge in [-0.1, -0.05) is 19.9 Å². The monoisotopic (exact) mass is 204 g/mol. The molecule has 0 saturated carbocycles. The molecule has 0 radical (unpaired) electrons. The molecule has 80 valence electrons. The largest absolute Gasteiger partial charge is 0.269 e. The van der Waals surface area contributed by atoms with E-state index in [9.17, 15) is 4.79 Å². The molecule has 0 aliphatic heterocycles. The van der Waals surface area contributed by atoms with Crippen LogP contribution in [0.15, 0.2) is 29.2 Å². The van der Waals surface area contributed by atoms with Crippen molar-refractivity contribution in [2.45, 2.75) is 27.7 Å². The number of rotatable bonds is 0. The highest BCUT2D eigenvalue weighted by atomic mass is 16.1. The summed E-state index contributed by atoms with van der Waals surface area (Å²) in [5, 5.41) is 0. The number of aryl methyl sites for hydroxylation is 1. The summed E-state index contributed by atoms with van der Waals surface area (Å²) < 4.78 is 1.56. The van der Waals surface area contributed by atoms with Crippen molar-refractivity contribution < 1.29 is 0 Å². The van der Waals surface area contributed by atoms with Gasteiger partial charge < -0.3 is 0 Å². The van der Waals surface area contributed by atoms with E-state index in [0.717, 1.165) is 5.69 Å². The summed E-state index contributed by atoms with van der Waals surface area (Å²) in [7, 11) is 0. The van der Waals surface area contributed by atoms with E-state index in [4.69, 9.17) is 0 Å². The van der Waals surface area contributed by atoms with Gasteiger partial charge in [0.25, 0.3) is 5.56 Å². The van der Waals surface area contributed by atoms with Gasteiger partial charge in [0, 0.05) is 17.5 Å². The average molecular weight is 204 g/mol. The molecule has 15 heavy (non-hydrogen) atoms. The van der Waals surface area contributed by atoms with E-state index >= 15 is 0 Å². The second-order valence-electron chi connectivity index (χ2n) is 3.06. The van der Waals surface area contributed by atoms with E-state index in [0.29, 0.717) is 11.2 Å². The molecule has 2 heterocycles. The van der Waals surface area contributed by atoms with Crippen molar-refractivity contribution >= 4 is 5.65 Å². The lowest BCUT2D eigenvalue weighted by molar-refractivity contribution is 0.984. The van der Waals surface area contributed by atoms with E-state index in [2.05, 4.69) is 4.98 Å². The van der Waals surface area contributed by atoms with Gasteiger partial charge in [0.15, 0.2) is 0 Å². The van der Waals surface area contributed by atoms with E-state index < -0.39 is 0 Å². The van der Waals surface area contributed by atoms with Crippen LogP contribution < -0.4 is 5.56 Å². The molecule has 0 saturated heterocycles. The van der Waals surface area contributed by atoms with Crippen LogP contribution in [-0.4, -0.2) is 9.38 Å². The van der Waals surface area contributed by atoms with Gasteiger partial charge in [-0.2, -0.15) is 0 Å². The van der Waals surface area contributed by atoms with Gasteiger partial charge >= 0.3 is 0 Å². The molecule has 0 aromatic carbocycles. The second-order valence-corrected chi connectivity index (χ2v) is 3.06. The third-order valence-electron chi connectivity index (χ3n) is 2.20. The van der Waals surface area contributed by atoms with E-state index in [1.165, 1.54) is 0 Å². The maximum Gasteiger partial charge on any atom is 0.260 e. The molecule has 3 heteroatoms. The number of fused-ring (bicyclic) bond motifs is 1. The molecule has 0 spiro atoms. The third kappa shape index (κ3) is 2.06. The number of hydrogen-bond acceptors (Lipinski definition) is 2. The van der Waals surface area contributed by atoms with Crippen molar-refractivity contribution in [3.63, 3.8) is 0 Å². The molecular weight excluding hydrogens is 188 g/mol. The lowest BCUT2D eigenvalue weighted by Crippen LogP contribution is -2.18. The zero-order chi connectivity index (χ0) is 11.4. The predicted molar refractivity (Wildman–Crippen MR) is 62.3 cm³/mol. The van der Waals surface area contributed by atoms with Gasteiger partial charge in [0.1, 0.15) is 5.65 Å². The van der Waals surface area contributed by atoms with E-state index in [1.807, 2.05) is 39.0 Å². The molecule has 0 fully saturated rings. The molecule has 2 aromatic heterocycles. The first-order chi connectivity index (χ1) is 7.20. The fourth-order valence-electron chi connectivity index (χ4n) is 1.29. The highest BCUT2D eigenvalue weighted by Crippen LogP contribution is 2.01. The smallest absolute Gasteiger partial charge is 0.260 e. The van der Waals surface area contributed by atoms with Gasteiger partial charge in [0.2, 0.25) is 0 Å². The molecule has 2 rings (SSSR count). The second kappa shape index (κ2) is 4.73. The molecule has 2 aromatic rings. The Balaban J connectivity index is 0.000000531. The minimum absolute atomic E-state index is 0.0168. The Morgan fingerprint density at radius 1 is 1.20 bits per heavy atom. The summed E-state index contributed by atoms with van der Waals surface area (Å²) in [6.07, 6.45) is 1.73. The maximum atomic E-state index is 11.7. The molecule has 0 aliphatic rings. The molecular formula is C12H16N2O. The molecule has 0 amide bonds. The van der Waals surface area contributed by atoms with Crippen LogP contribution in [0.5, 0.6) is 0 Å². The Hall–Kier alpha value is -1.64. The lowest BCUT2D eigenvalue weighted by Gasteiger charge is -2.02. The van der Waals surface area contributed by atoms with Crippen molar-refractivity contribution in [3.05, 3.63) is 46.0 Å². The Morgan fingerprint density at radius 3 is 2.53 bits per heavy atom. The summed E-state index contributed by atoms with van der Waals surface area (Å²) in [6.45, 7) is 7.65. The highest BCUT2D eigenvalue weighted by Gasteiger charge is 2.02. The van der Waals surface area contributed by atoms with Crippen LogP contribution in [0, 0.1) is 13.8 Å². The van der Waals surface area contributed by atoms with Crippen LogP contribution in [0.2, 0.25) is 0 Å². The summed E-state index contributed by atoms with van der Waals surface area (Å²) >= 11 is 0. The van der Waals surface area contributed by atoms with Crippen LogP contribution in [0.4, 0.5) is 0 Å². The van der Waals surface area contributed by atoms with E-state index in [-0.39, 0.29) is 5.56 Å². The van der Waals surface area contributed by atoms with Gasteiger partial charge in [-0.15, -0.1) is 0 Å². The number of aromatic nitrogens is 2. The summed E-state index contributed by atoms with van der Waals surface area (Å²) in [5.74, 6) is 0. The van der Waals surface area contributed by atoms with Gasteiger partial charge in [-0.25, -0.2) is 4.98 Å². The lowest BCUT2D eigenvalue weighted by atomic mass is 10.2. The normalized spacial score (nSPS) is 9.60. The quantitative estimate of drug-likeness (QED) is 0.660. The molecule has 3 nitrogen and oxygen atoms in total. The molecule has 0 aliphatic carbocycles. The van der Waals surface area contributed by atoms with Crippen molar-refractivity contribution in [1.29, 1.82) is 0 Å².